The summed E-state index contributed by atoms with van der Waals surface area (Å²) >= 11 is 0. The van der Waals surface area contributed by atoms with Crippen LogP contribution in [0.15, 0.2) is 53.9 Å². The first-order valence-electron chi connectivity index (χ1n) is 8.60. The summed E-state index contributed by atoms with van der Waals surface area (Å²) in [5.41, 5.74) is 5.85. The molecule has 1 aromatic carbocycles. The first kappa shape index (κ1) is 19.7. The van der Waals surface area contributed by atoms with Crippen LogP contribution in [-0.2, 0) is 0 Å². The van der Waals surface area contributed by atoms with Gasteiger partial charge in [-0.25, -0.2) is 0 Å². The maximum absolute atomic E-state index is 10.9. The van der Waals surface area contributed by atoms with E-state index in [0.29, 0.717) is 16.6 Å². The van der Waals surface area contributed by atoms with Gasteiger partial charge in [0.15, 0.2) is 0 Å². The number of aliphatic hydroxyl groups excluding tert-OH is 1. The van der Waals surface area contributed by atoms with Gasteiger partial charge < -0.3 is 5.11 Å². The van der Waals surface area contributed by atoms with Gasteiger partial charge in [-0.2, -0.15) is 0 Å². The van der Waals surface area contributed by atoms with E-state index in [-0.39, 0.29) is 0 Å². The van der Waals surface area contributed by atoms with Crippen LogP contribution in [0.5, 0.6) is 0 Å². The third kappa shape index (κ3) is 4.14. The van der Waals surface area contributed by atoms with Crippen molar-refractivity contribution in [2.45, 2.75) is 64.3 Å². The summed E-state index contributed by atoms with van der Waals surface area (Å²) in [5.74, 6) is 0. The first-order chi connectivity index (χ1) is 10.8. The van der Waals surface area contributed by atoms with Crippen LogP contribution in [0.4, 0.5) is 0 Å². The van der Waals surface area contributed by atoms with Crippen LogP contribution in [-0.4, -0.2) is 19.3 Å². The van der Waals surface area contributed by atoms with Crippen LogP contribution in [0.25, 0.3) is 6.08 Å². The molecule has 0 aromatic heterocycles. The van der Waals surface area contributed by atoms with Crippen LogP contribution in [0.1, 0.15) is 47.1 Å². The molecule has 0 heterocycles. The Hall–Kier alpha value is -1.34. The van der Waals surface area contributed by atoms with Crippen LogP contribution >= 0.6 is 0 Å². The second kappa shape index (κ2) is 8.49. The van der Waals surface area contributed by atoms with E-state index < -0.39 is 14.2 Å². The highest BCUT2D eigenvalue weighted by atomic mass is 28.3. The molecule has 1 aromatic rings. The average molecular weight is 329 g/mol. The number of hydrogen-bond donors (Lipinski definition) is 1. The minimum Gasteiger partial charge on any atom is -0.384 e. The highest BCUT2D eigenvalue weighted by Crippen LogP contribution is 2.47. The first-order valence-corrected chi connectivity index (χ1v) is 10.8. The topological polar surface area (TPSA) is 20.2 Å². The zero-order valence-corrected chi connectivity index (χ0v) is 16.5. The quantitative estimate of drug-likeness (QED) is 0.481. The summed E-state index contributed by atoms with van der Waals surface area (Å²) in [5, 5.41) is 11.9. The van der Waals surface area contributed by atoms with Crippen molar-refractivity contribution in [3.05, 3.63) is 59.5 Å². The number of rotatable bonds is 7. The van der Waals surface area contributed by atoms with E-state index in [0.717, 1.165) is 10.8 Å². The molecule has 2 heteroatoms. The molecule has 0 radical (unpaired) electrons. The van der Waals surface area contributed by atoms with Crippen molar-refractivity contribution in [2.24, 2.45) is 0 Å². The summed E-state index contributed by atoms with van der Waals surface area (Å²) < 4.78 is 0. The van der Waals surface area contributed by atoms with Crippen molar-refractivity contribution in [1.82, 2.24) is 0 Å². The molecular formula is C21H32OSi. The minimum atomic E-state index is -1.92. The Balaban J connectivity index is 3.23. The summed E-state index contributed by atoms with van der Waals surface area (Å²) in [6.45, 7) is 17.7. The fourth-order valence-electron chi connectivity index (χ4n) is 4.31. The zero-order valence-electron chi connectivity index (χ0n) is 15.5. The van der Waals surface area contributed by atoms with E-state index >= 15 is 0 Å². The molecule has 0 amide bonds. The molecule has 0 spiro atoms. The van der Waals surface area contributed by atoms with E-state index in [4.69, 9.17) is 0 Å². The zero-order chi connectivity index (χ0) is 17.6. The monoisotopic (exact) mass is 328 g/mol. The molecule has 0 bridgehead atoms. The van der Waals surface area contributed by atoms with E-state index in [1.165, 1.54) is 0 Å². The fraction of sp³-hybridized carbons (Fsp3) is 0.476. The SMILES string of the molecule is C=C=C(C(O)/C=C/c1ccccc1)[Si](C(C)C)(C(C)C)C(C)C. The Morgan fingerprint density at radius 2 is 1.48 bits per heavy atom. The van der Waals surface area contributed by atoms with Gasteiger partial charge in [-0.15, -0.1) is 5.73 Å². The van der Waals surface area contributed by atoms with Crippen LogP contribution in [0.2, 0.25) is 16.6 Å². The van der Waals surface area contributed by atoms with Gasteiger partial charge in [0.05, 0.1) is 6.10 Å². The Morgan fingerprint density at radius 3 is 1.87 bits per heavy atom. The molecule has 1 nitrogen and oxygen atoms in total. The molecule has 0 aliphatic rings. The third-order valence-electron chi connectivity index (χ3n) is 5.09. The molecule has 1 atom stereocenters. The number of aliphatic hydroxyl groups is 1. The summed E-state index contributed by atoms with van der Waals surface area (Å²) in [4.78, 5) is 0. The van der Waals surface area contributed by atoms with Gasteiger partial charge in [0.25, 0.3) is 0 Å². The summed E-state index contributed by atoms with van der Waals surface area (Å²) in [6, 6.07) is 10.1. The van der Waals surface area contributed by atoms with Gasteiger partial charge in [0, 0.05) is 0 Å². The lowest BCUT2D eigenvalue weighted by Gasteiger charge is -2.45. The predicted molar refractivity (Wildman–Crippen MR) is 105 cm³/mol. The average Bonchev–Trinajstić information content (AvgIpc) is 2.49. The van der Waals surface area contributed by atoms with Crippen LogP contribution < -0.4 is 0 Å². The Kier molecular flexibility index (Phi) is 7.28. The normalized spacial score (nSPS) is 13.8. The fourth-order valence-corrected chi connectivity index (χ4v) is 11.1. The Labute approximate surface area is 143 Å². The van der Waals surface area contributed by atoms with Gasteiger partial charge in [0.1, 0.15) is 8.07 Å². The van der Waals surface area contributed by atoms with Crippen molar-refractivity contribution in [1.29, 1.82) is 0 Å². The number of hydrogen-bond acceptors (Lipinski definition) is 1. The maximum Gasteiger partial charge on any atom is 0.103 e. The third-order valence-corrected chi connectivity index (χ3v) is 12.2. The van der Waals surface area contributed by atoms with E-state index in [2.05, 4.69) is 53.9 Å². The van der Waals surface area contributed by atoms with E-state index in [9.17, 15) is 5.11 Å². The summed E-state index contributed by atoms with van der Waals surface area (Å²) in [6.07, 6.45) is 3.27. The molecule has 1 unspecified atom stereocenters. The van der Waals surface area contributed by atoms with Gasteiger partial charge in [-0.05, 0) is 27.4 Å². The van der Waals surface area contributed by atoms with Crippen molar-refractivity contribution in [3.8, 4) is 0 Å². The van der Waals surface area contributed by atoms with Gasteiger partial charge in [-0.3, -0.25) is 0 Å². The molecule has 0 saturated carbocycles. The molecule has 126 valence electrons. The molecule has 0 aliphatic carbocycles. The largest absolute Gasteiger partial charge is 0.384 e. The van der Waals surface area contributed by atoms with Crippen molar-refractivity contribution < 1.29 is 5.11 Å². The minimum absolute atomic E-state index is 0.534. The highest BCUT2D eigenvalue weighted by Gasteiger charge is 2.47. The molecule has 0 fully saturated rings. The lowest BCUT2D eigenvalue weighted by molar-refractivity contribution is 0.265. The second-order valence-corrected chi connectivity index (χ2v) is 13.1. The molecular weight excluding hydrogens is 296 g/mol. The predicted octanol–water partition coefficient (Wildman–Crippen LogP) is 5.99. The van der Waals surface area contributed by atoms with Crippen LogP contribution in [0.3, 0.4) is 0 Å². The lowest BCUT2D eigenvalue weighted by atomic mass is 10.2. The van der Waals surface area contributed by atoms with Crippen molar-refractivity contribution in [2.75, 3.05) is 0 Å². The van der Waals surface area contributed by atoms with Gasteiger partial charge in [-0.1, -0.05) is 90.6 Å². The summed E-state index contributed by atoms with van der Waals surface area (Å²) in [7, 11) is -1.92. The Morgan fingerprint density at radius 1 is 1.00 bits per heavy atom. The highest BCUT2D eigenvalue weighted by molar-refractivity contribution is 6.90. The second-order valence-electron chi connectivity index (χ2n) is 7.20. The Bertz CT molecular complexity index is 541. The van der Waals surface area contributed by atoms with Crippen molar-refractivity contribution in [3.63, 3.8) is 0 Å². The maximum atomic E-state index is 10.9. The standard InChI is InChI=1S/C21H32OSi/c1-8-21(23(16(2)3,17(4)5)18(6)7)20(22)15-14-19-12-10-9-11-13-19/h9-18,20,22H,1H2,2-7H3/b15-14+. The lowest BCUT2D eigenvalue weighted by Crippen LogP contribution is -2.49. The molecule has 0 aliphatic heterocycles. The smallest absolute Gasteiger partial charge is 0.103 e. The van der Waals surface area contributed by atoms with E-state index in [1.807, 2.05) is 42.5 Å². The van der Waals surface area contributed by atoms with E-state index in [1.54, 1.807) is 0 Å². The van der Waals surface area contributed by atoms with Crippen LogP contribution in [0, 0.1) is 0 Å². The molecule has 0 saturated heterocycles. The molecule has 1 rings (SSSR count). The number of benzene rings is 1. The molecule has 23 heavy (non-hydrogen) atoms. The molecule has 1 N–H and O–H groups in total. The van der Waals surface area contributed by atoms with Gasteiger partial charge in [0.2, 0.25) is 0 Å². The van der Waals surface area contributed by atoms with Crippen molar-refractivity contribution >= 4 is 14.1 Å². The van der Waals surface area contributed by atoms with Gasteiger partial charge >= 0.3 is 0 Å².